The Morgan fingerprint density at radius 3 is 2.50 bits per heavy atom. The Balaban J connectivity index is 1.58. The molecule has 0 unspecified atom stereocenters. The maximum absolute atomic E-state index is 13.5. The molecule has 34 heavy (non-hydrogen) atoms. The van der Waals surface area contributed by atoms with Crippen molar-refractivity contribution in [3.8, 4) is 0 Å². The zero-order valence-electron chi connectivity index (χ0n) is 18.7. The summed E-state index contributed by atoms with van der Waals surface area (Å²) in [6.45, 7) is 0.554. The highest BCUT2D eigenvalue weighted by molar-refractivity contribution is 6.31. The summed E-state index contributed by atoms with van der Waals surface area (Å²) in [5, 5.41) is 3.23. The SMILES string of the molecule is CNc1ncc(Cl)cc1C(=O)N(CCc1cccc(C(F)(F)F)c1)Cc1ccc(C2CC2)cc1. The fourth-order valence-corrected chi connectivity index (χ4v) is 4.08. The van der Waals surface area contributed by atoms with Crippen molar-refractivity contribution in [3.63, 3.8) is 0 Å². The number of anilines is 1. The van der Waals surface area contributed by atoms with E-state index in [2.05, 4.69) is 22.4 Å². The highest BCUT2D eigenvalue weighted by atomic mass is 35.5. The molecule has 178 valence electrons. The molecule has 0 saturated heterocycles. The van der Waals surface area contributed by atoms with E-state index >= 15 is 0 Å². The molecule has 4 nitrogen and oxygen atoms in total. The molecular weight excluding hydrogens is 463 g/mol. The number of aromatic nitrogens is 1. The summed E-state index contributed by atoms with van der Waals surface area (Å²) >= 11 is 6.10. The van der Waals surface area contributed by atoms with Gasteiger partial charge in [0.1, 0.15) is 5.82 Å². The molecule has 0 bridgehead atoms. The van der Waals surface area contributed by atoms with Gasteiger partial charge < -0.3 is 10.2 Å². The van der Waals surface area contributed by atoms with Crippen LogP contribution in [0, 0.1) is 0 Å². The molecule has 1 fully saturated rings. The van der Waals surface area contributed by atoms with E-state index in [1.54, 1.807) is 24.1 Å². The second-order valence-corrected chi connectivity index (χ2v) is 8.93. The molecule has 1 heterocycles. The van der Waals surface area contributed by atoms with E-state index in [1.807, 2.05) is 12.1 Å². The van der Waals surface area contributed by atoms with Crippen molar-refractivity contribution in [1.82, 2.24) is 9.88 Å². The molecule has 0 spiro atoms. The number of benzene rings is 2. The largest absolute Gasteiger partial charge is 0.416 e. The lowest BCUT2D eigenvalue weighted by Gasteiger charge is -2.24. The Bertz CT molecular complexity index is 1160. The fraction of sp³-hybridized carbons (Fsp3) is 0.308. The summed E-state index contributed by atoms with van der Waals surface area (Å²) in [5.41, 5.74) is 2.36. The van der Waals surface area contributed by atoms with Crippen LogP contribution in [0.2, 0.25) is 5.02 Å². The Morgan fingerprint density at radius 1 is 1.12 bits per heavy atom. The van der Waals surface area contributed by atoms with Gasteiger partial charge in [-0.3, -0.25) is 4.79 Å². The monoisotopic (exact) mass is 487 g/mol. The maximum Gasteiger partial charge on any atom is 0.416 e. The average Bonchev–Trinajstić information content (AvgIpc) is 3.67. The van der Waals surface area contributed by atoms with Crippen molar-refractivity contribution in [2.45, 2.75) is 37.9 Å². The van der Waals surface area contributed by atoms with Crippen LogP contribution in [0.1, 0.15) is 51.4 Å². The third-order valence-electron chi connectivity index (χ3n) is 5.94. The molecule has 1 aliphatic carbocycles. The first-order chi connectivity index (χ1) is 16.2. The molecule has 3 aromatic rings. The number of hydrogen-bond acceptors (Lipinski definition) is 3. The second-order valence-electron chi connectivity index (χ2n) is 8.49. The van der Waals surface area contributed by atoms with Gasteiger partial charge in [-0.05, 0) is 54.0 Å². The predicted molar refractivity (Wildman–Crippen MR) is 127 cm³/mol. The molecular formula is C26H25ClF3N3O. The molecule has 8 heteroatoms. The third-order valence-corrected chi connectivity index (χ3v) is 6.14. The average molecular weight is 488 g/mol. The number of nitrogens with zero attached hydrogens (tertiary/aromatic N) is 2. The number of rotatable bonds is 8. The molecule has 1 N–H and O–H groups in total. The summed E-state index contributed by atoms with van der Waals surface area (Å²) in [6.07, 6.45) is -0.277. The fourth-order valence-electron chi connectivity index (χ4n) is 3.92. The molecule has 1 aromatic heterocycles. The lowest BCUT2D eigenvalue weighted by molar-refractivity contribution is -0.137. The molecule has 1 amide bonds. The first-order valence-electron chi connectivity index (χ1n) is 11.1. The van der Waals surface area contributed by atoms with E-state index in [-0.39, 0.29) is 18.9 Å². The second kappa shape index (κ2) is 10.1. The van der Waals surface area contributed by atoms with Gasteiger partial charge in [0.25, 0.3) is 5.91 Å². The van der Waals surface area contributed by atoms with Crippen molar-refractivity contribution in [1.29, 1.82) is 0 Å². The smallest absolute Gasteiger partial charge is 0.372 e. The third kappa shape index (κ3) is 5.89. The minimum absolute atomic E-state index is 0.236. The Morgan fingerprint density at radius 2 is 1.85 bits per heavy atom. The van der Waals surface area contributed by atoms with Gasteiger partial charge in [-0.2, -0.15) is 13.2 Å². The molecule has 1 saturated carbocycles. The van der Waals surface area contributed by atoms with Crippen LogP contribution >= 0.6 is 11.6 Å². The predicted octanol–water partition coefficient (Wildman–Crippen LogP) is 6.56. The van der Waals surface area contributed by atoms with Gasteiger partial charge in [-0.15, -0.1) is 0 Å². The van der Waals surface area contributed by atoms with Crippen LogP contribution in [-0.4, -0.2) is 29.4 Å². The lowest BCUT2D eigenvalue weighted by Crippen LogP contribution is -2.33. The summed E-state index contributed by atoms with van der Waals surface area (Å²) in [5.74, 6) is 0.726. The number of carbonyl (C=O) groups is 1. The summed E-state index contributed by atoms with van der Waals surface area (Å²) in [4.78, 5) is 19.3. The van der Waals surface area contributed by atoms with Crippen LogP contribution in [0.25, 0.3) is 0 Å². The van der Waals surface area contributed by atoms with Crippen LogP contribution in [0.15, 0.2) is 60.8 Å². The van der Waals surface area contributed by atoms with Crippen molar-refractivity contribution in [2.24, 2.45) is 0 Å². The first-order valence-corrected chi connectivity index (χ1v) is 11.5. The van der Waals surface area contributed by atoms with Crippen LogP contribution in [0.4, 0.5) is 19.0 Å². The van der Waals surface area contributed by atoms with E-state index < -0.39 is 11.7 Å². The van der Waals surface area contributed by atoms with Gasteiger partial charge in [0.05, 0.1) is 16.1 Å². The standard InChI is InChI=1S/C26H25ClF3N3O/c1-31-24-23(14-22(27)15-32-24)25(34)33(16-18-5-7-19(8-6-18)20-9-10-20)12-11-17-3-2-4-21(13-17)26(28,29)30/h2-8,13-15,20H,9-12,16H2,1H3,(H,31,32). The van der Waals surface area contributed by atoms with Crippen LogP contribution in [-0.2, 0) is 19.1 Å². The molecule has 1 aliphatic rings. The number of alkyl halides is 3. The van der Waals surface area contributed by atoms with Crippen molar-refractivity contribution in [3.05, 3.63) is 93.6 Å². The number of amides is 1. The van der Waals surface area contributed by atoms with Gasteiger partial charge in [-0.25, -0.2) is 4.98 Å². The number of pyridine rings is 1. The summed E-state index contributed by atoms with van der Waals surface area (Å²) in [7, 11) is 1.66. The minimum Gasteiger partial charge on any atom is -0.372 e. The molecule has 2 aromatic carbocycles. The minimum atomic E-state index is -4.41. The van der Waals surface area contributed by atoms with Crippen molar-refractivity contribution < 1.29 is 18.0 Å². The van der Waals surface area contributed by atoms with Gasteiger partial charge >= 0.3 is 6.18 Å². The maximum atomic E-state index is 13.5. The van der Waals surface area contributed by atoms with Gasteiger partial charge in [0.2, 0.25) is 0 Å². The van der Waals surface area contributed by atoms with Crippen molar-refractivity contribution in [2.75, 3.05) is 18.9 Å². The van der Waals surface area contributed by atoms with E-state index in [0.29, 0.717) is 34.4 Å². The van der Waals surface area contributed by atoms with E-state index in [9.17, 15) is 18.0 Å². The van der Waals surface area contributed by atoms with Gasteiger partial charge in [-0.1, -0.05) is 54.1 Å². The Labute approximate surface area is 201 Å². The van der Waals surface area contributed by atoms with Gasteiger partial charge in [0, 0.05) is 26.3 Å². The van der Waals surface area contributed by atoms with Crippen LogP contribution < -0.4 is 5.32 Å². The number of hydrogen-bond donors (Lipinski definition) is 1. The zero-order valence-corrected chi connectivity index (χ0v) is 19.5. The highest BCUT2D eigenvalue weighted by Gasteiger charge is 2.30. The number of halogens is 4. The molecule has 0 radical (unpaired) electrons. The first kappa shape index (κ1) is 24.1. The van der Waals surface area contributed by atoms with Crippen molar-refractivity contribution >= 4 is 23.3 Å². The normalized spacial score (nSPS) is 13.6. The number of nitrogens with one attached hydrogen (secondary N) is 1. The van der Waals surface area contributed by atoms with Crippen LogP contribution in [0.5, 0.6) is 0 Å². The van der Waals surface area contributed by atoms with Crippen LogP contribution in [0.3, 0.4) is 0 Å². The Kier molecular flexibility index (Phi) is 7.12. The highest BCUT2D eigenvalue weighted by Crippen LogP contribution is 2.40. The quantitative estimate of drug-likeness (QED) is 0.391. The molecule has 4 rings (SSSR count). The zero-order chi connectivity index (χ0) is 24.3. The molecule has 0 aliphatic heterocycles. The summed E-state index contributed by atoms with van der Waals surface area (Å²) in [6, 6.07) is 14.9. The van der Waals surface area contributed by atoms with E-state index in [4.69, 9.17) is 11.6 Å². The molecule has 0 atom stereocenters. The lowest BCUT2D eigenvalue weighted by atomic mass is 10.1. The van der Waals surface area contributed by atoms with E-state index in [1.165, 1.54) is 30.7 Å². The number of carbonyl (C=O) groups excluding carboxylic acids is 1. The van der Waals surface area contributed by atoms with E-state index in [0.717, 1.165) is 17.7 Å². The van der Waals surface area contributed by atoms with Gasteiger partial charge in [0.15, 0.2) is 0 Å². The topological polar surface area (TPSA) is 45.2 Å². The Hall–Kier alpha value is -3.06. The summed E-state index contributed by atoms with van der Waals surface area (Å²) < 4.78 is 39.4.